The summed E-state index contributed by atoms with van der Waals surface area (Å²) in [7, 11) is -9.70. The molecule has 2 aliphatic heterocycles. The minimum Gasteiger partial charge on any atom is -0.756 e. The third-order valence-electron chi connectivity index (χ3n) is 8.18. The zero-order valence-electron chi connectivity index (χ0n) is 26.8. The monoisotopic (exact) mass is 769 g/mol. The molecule has 0 radical (unpaired) electrons. The molecule has 0 bridgehead atoms. The Bertz CT molecular complexity index is 2040. The van der Waals surface area contributed by atoms with E-state index in [4.69, 9.17) is 30.2 Å². The fourth-order valence-corrected chi connectivity index (χ4v) is 7.66. The fraction of sp³-hybridized carbons (Fsp3) is 0.393. The number of carbonyl (C=O) groups is 1. The first-order valence-electron chi connectivity index (χ1n) is 15.2. The summed E-state index contributed by atoms with van der Waals surface area (Å²) in [5.41, 5.74) is 12.1. The number of benzene rings is 1. The van der Waals surface area contributed by atoms with E-state index in [9.17, 15) is 44.1 Å². The van der Waals surface area contributed by atoms with Gasteiger partial charge in [0.05, 0.1) is 20.3 Å². The lowest BCUT2D eigenvalue weighted by Crippen LogP contribution is -2.46. The van der Waals surface area contributed by atoms with Gasteiger partial charge < -0.3 is 60.4 Å². The van der Waals surface area contributed by atoms with Crippen LogP contribution in [0.25, 0.3) is 22.6 Å². The average Bonchev–Trinajstić information content (AvgIpc) is 3.73. The smallest absolute Gasteiger partial charge is 0.478 e. The number of fused-ring (bicyclic) bond motifs is 1. The molecule has 2 unspecified atom stereocenters. The van der Waals surface area contributed by atoms with Crippen molar-refractivity contribution >= 4 is 38.5 Å². The Hall–Kier alpha value is -3.99. The van der Waals surface area contributed by atoms with E-state index in [0.29, 0.717) is 11.3 Å². The highest BCUT2D eigenvalue weighted by Gasteiger charge is 2.49. The molecule has 0 aliphatic carbocycles. The van der Waals surface area contributed by atoms with Crippen molar-refractivity contribution in [1.82, 2.24) is 19.5 Å². The zero-order chi connectivity index (χ0) is 37.5. The molecule has 280 valence electrons. The molecule has 1 aromatic carbocycles. The molecule has 3 aromatic heterocycles. The van der Waals surface area contributed by atoms with Crippen LogP contribution >= 0.6 is 15.6 Å². The summed E-state index contributed by atoms with van der Waals surface area (Å²) >= 11 is 0. The highest BCUT2D eigenvalue weighted by Crippen LogP contribution is 2.58. The number of aliphatic hydroxyl groups excluding tert-OH is 4. The van der Waals surface area contributed by atoms with Gasteiger partial charge in [0.25, 0.3) is 20.0 Å². The second-order valence-electron chi connectivity index (χ2n) is 11.6. The van der Waals surface area contributed by atoms with Crippen molar-refractivity contribution < 1.29 is 76.3 Å². The molecule has 5 heterocycles. The molecule has 9 N–H and O–H groups in total. The number of primary amides is 1. The molecule has 2 aliphatic rings. The average molecular weight is 770 g/mol. The first-order chi connectivity index (χ1) is 24.6. The zero-order valence-corrected chi connectivity index (χ0v) is 28.6. The van der Waals surface area contributed by atoms with E-state index >= 15 is 0 Å². The van der Waals surface area contributed by atoms with Gasteiger partial charge in [-0.2, -0.15) is 4.57 Å². The summed E-state index contributed by atoms with van der Waals surface area (Å²) in [6.45, 7) is -1.95. The third-order valence-corrected chi connectivity index (χ3v) is 10.8. The number of hydrogen-bond donors (Lipinski definition) is 7. The Labute approximate surface area is 292 Å². The first kappa shape index (κ1) is 37.8. The lowest BCUT2D eigenvalue weighted by atomic mass is 10.1. The minimum atomic E-state index is -5.67. The Morgan fingerprint density at radius 2 is 1.67 bits per heavy atom. The number of aromatic nitrogens is 5. The summed E-state index contributed by atoms with van der Waals surface area (Å²) in [6, 6.07) is 9.43. The molecule has 52 heavy (non-hydrogen) atoms. The van der Waals surface area contributed by atoms with Gasteiger partial charge in [0.1, 0.15) is 54.0 Å². The van der Waals surface area contributed by atoms with Crippen LogP contribution in [-0.4, -0.2) is 108 Å². The van der Waals surface area contributed by atoms with Crippen molar-refractivity contribution in [2.24, 2.45) is 5.73 Å². The number of nitrogens with zero attached hydrogens (tertiary/aromatic N) is 5. The number of aliphatic hydroxyl groups is 4. The van der Waals surface area contributed by atoms with Crippen LogP contribution < -0.4 is 25.7 Å². The summed E-state index contributed by atoms with van der Waals surface area (Å²) in [5.74, 6) is -0.0393. The number of rotatable bonds is 13. The molecule has 10 atom stereocenters. The van der Waals surface area contributed by atoms with Gasteiger partial charge in [-0.05, 0) is 30.3 Å². The molecule has 2 saturated heterocycles. The normalized spacial score (nSPS) is 28.4. The van der Waals surface area contributed by atoms with E-state index in [1.165, 1.54) is 40.8 Å². The number of amides is 1. The standard InChI is InChI=1S/C28H33N7O15P2/c1-45-15-6-4-13(5-7-15)25-33-18-23(29)31-12-32-26(18)35(25)28-22(39)20(37)17(49-28)11-47-52(43,44)50-51(41,42)46-10-16-19(36)21(38)27(48-16)34-8-2-3-14(9-34)24(30)40/h2-9,12,16-17,19-22,27-28,36-39H,10-11H2,1H3,(H5-,29,30,31,32,40,41,42,43,44)/t16-,17-,19-,20-,21-,22-,27-,28-/m1/s1. The van der Waals surface area contributed by atoms with Crippen molar-refractivity contribution in [3.8, 4) is 17.1 Å². The van der Waals surface area contributed by atoms with Crippen LogP contribution in [0, 0.1) is 0 Å². The number of hydrogen-bond acceptors (Lipinski definition) is 18. The third kappa shape index (κ3) is 7.70. The Kier molecular flexibility index (Phi) is 10.7. The molecule has 1 amide bonds. The van der Waals surface area contributed by atoms with E-state index in [0.717, 1.165) is 6.33 Å². The number of phosphoric acid groups is 2. The van der Waals surface area contributed by atoms with E-state index in [1.807, 2.05) is 0 Å². The Morgan fingerprint density at radius 1 is 1.00 bits per heavy atom. The molecule has 6 rings (SSSR count). The largest absolute Gasteiger partial charge is 0.756 e. The van der Waals surface area contributed by atoms with Crippen LogP contribution in [0.3, 0.4) is 0 Å². The summed E-state index contributed by atoms with van der Waals surface area (Å²) in [4.78, 5) is 46.9. The number of pyridine rings is 1. The van der Waals surface area contributed by atoms with Crippen molar-refractivity contribution in [3.05, 3.63) is 60.7 Å². The summed E-state index contributed by atoms with van der Waals surface area (Å²) in [6.07, 6.45) is -8.70. The summed E-state index contributed by atoms with van der Waals surface area (Å²) in [5, 5.41) is 42.7. The van der Waals surface area contributed by atoms with Crippen LogP contribution in [0.15, 0.2) is 55.1 Å². The Balaban J connectivity index is 1.10. The number of ether oxygens (including phenoxy) is 3. The molecular weight excluding hydrogens is 736 g/mol. The van der Waals surface area contributed by atoms with Crippen LogP contribution in [0.1, 0.15) is 22.8 Å². The molecule has 0 saturated carbocycles. The van der Waals surface area contributed by atoms with Gasteiger partial charge in [-0.3, -0.25) is 18.5 Å². The highest BCUT2D eigenvalue weighted by molar-refractivity contribution is 7.60. The van der Waals surface area contributed by atoms with Gasteiger partial charge >= 0.3 is 7.82 Å². The number of nitrogens with two attached hydrogens (primary N) is 2. The van der Waals surface area contributed by atoms with E-state index in [2.05, 4.69) is 23.8 Å². The van der Waals surface area contributed by atoms with Crippen LogP contribution in [0.2, 0.25) is 0 Å². The van der Waals surface area contributed by atoms with Crippen molar-refractivity contribution in [2.45, 2.75) is 49.1 Å². The van der Waals surface area contributed by atoms with E-state index in [1.54, 1.807) is 24.3 Å². The minimum absolute atomic E-state index is 0.00735. The number of nitrogen functional groups attached to an aromatic ring is 1. The van der Waals surface area contributed by atoms with Gasteiger partial charge in [0.15, 0.2) is 41.7 Å². The van der Waals surface area contributed by atoms with Gasteiger partial charge in [-0.25, -0.2) is 23.8 Å². The van der Waals surface area contributed by atoms with E-state index < -0.39 is 83.8 Å². The quantitative estimate of drug-likeness (QED) is 0.0572. The second-order valence-corrected chi connectivity index (χ2v) is 14.6. The fourth-order valence-electron chi connectivity index (χ4n) is 5.61. The highest BCUT2D eigenvalue weighted by atomic mass is 31.3. The molecule has 0 spiro atoms. The van der Waals surface area contributed by atoms with Crippen molar-refractivity contribution in [3.63, 3.8) is 0 Å². The van der Waals surface area contributed by atoms with Crippen LogP contribution in [0.4, 0.5) is 5.82 Å². The van der Waals surface area contributed by atoms with Crippen LogP contribution in [0.5, 0.6) is 5.75 Å². The van der Waals surface area contributed by atoms with Gasteiger partial charge in [0, 0.05) is 11.6 Å². The lowest BCUT2D eigenvalue weighted by Gasteiger charge is -2.26. The topological polar surface area (TPSA) is 330 Å². The number of imidazole rings is 1. The van der Waals surface area contributed by atoms with Gasteiger partial charge in [-0.1, -0.05) is 0 Å². The molecular formula is C28H33N7O15P2. The summed E-state index contributed by atoms with van der Waals surface area (Å²) < 4.78 is 57.9. The number of carbonyl (C=O) groups excluding carboxylic acids is 1. The predicted molar refractivity (Wildman–Crippen MR) is 169 cm³/mol. The molecule has 2 fully saturated rings. The predicted octanol–water partition coefficient (Wildman–Crippen LogP) is -1.97. The molecule has 22 nitrogen and oxygen atoms in total. The SMILES string of the molecule is COc1ccc(-c2nc3c(N)ncnc3n2[C@@H]2O[C@H](COP(=O)(O)OP(=O)([O-])OC[C@H]3O[C@@H]([n+]4cccc(C(N)=O)c4)[C@H](O)[C@@H]3O)[C@@H](O)[C@H]2O)cc1. The lowest BCUT2D eigenvalue weighted by molar-refractivity contribution is -0.765. The maximum absolute atomic E-state index is 12.7. The molecule has 4 aromatic rings. The van der Waals surface area contributed by atoms with Gasteiger partial charge in [-0.15, -0.1) is 0 Å². The maximum atomic E-state index is 12.7. The number of methoxy groups -OCH3 is 1. The molecule has 24 heteroatoms. The van der Waals surface area contributed by atoms with Crippen molar-refractivity contribution in [2.75, 3.05) is 26.1 Å². The van der Waals surface area contributed by atoms with Gasteiger partial charge in [0.2, 0.25) is 0 Å². The number of anilines is 1. The second kappa shape index (κ2) is 14.8. The maximum Gasteiger partial charge on any atom is 0.478 e. The van der Waals surface area contributed by atoms with Crippen LogP contribution in [-0.2, 0) is 32.0 Å². The van der Waals surface area contributed by atoms with E-state index in [-0.39, 0.29) is 28.4 Å². The van der Waals surface area contributed by atoms with Crippen molar-refractivity contribution in [1.29, 1.82) is 0 Å². The Morgan fingerprint density at radius 3 is 2.37 bits per heavy atom. The first-order valence-corrected chi connectivity index (χ1v) is 18.2. The number of phosphoric ester groups is 2.